The number of aromatic nitrogens is 1. The highest BCUT2D eigenvalue weighted by Gasteiger charge is 2.40. The summed E-state index contributed by atoms with van der Waals surface area (Å²) in [6.07, 6.45) is 0.594. The van der Waals surface area contributed by atoms with E-state index in [9.17, 15) is 24.5 Å². The first-order valence-electron chi connectivity index (χ1n) is 11.5. The number of imide groups is 1. The molecule has 3 heterocycles. The molecular formula is C27H20N4O5. The van der Waals surface area contributed by atoms with Gasteiger partial charge < -0.3 is 9.88 Å². The van der Waals surface area contributed by atoms with Crippen molar-refractivity contribution < 1.29 is 19.3 Å². The fraction of sp³-hybridized carbons (Fsp3) is 0.148. The zero-order valence-electron chi connectivity index (χ0n) is 19.0. The Labute approximate surface area is 205 Å². The number of nitrogens with one attached hydrogen (secondary N) is 1. The van der Waals surface area contributed by atoms with Crippen molar-refractivity contribution in [3.8, 4) is 0 Å². The fourth-order valence-corrected chi connectivity index (χ4v) is 5.24. The maximum absolute atomic E-state index is 13.6. The van der Waals surface area contributed by atoms with Crippen molar-refractivity contribution in [1.82, 2.24) is 14.8 Å². The zero-order valence-corrected chi connectivity index (χ0v) is 19.0. The quantitative estimate of drug-likeness (QED) is 0.271. The fourth-order valence-electron chi connectivity index (χ4n) is 5.24. The van der Waals surface area contributed by atoms with Crippen molar-refractivity contribution in [1.29, 1.82) is 0 Å². The first-order valence-corrected chi connectivity index (χ1v) is 11.5. The Morgan fingerprint density at radius 3 is 2.25 bits per heavy atom. The molecule has 0 saturated heterocycles. The third kappa shape index (κ3) is 3.28. The van der Waals surface area contributed by atoms with E-state index in [-0.39, 0.29) is 18.1 Å². The van der Waals surface area contributed by atoms with Gasteiger partial charge in [-0.2, -0.15) is 0 Å². The van der Waals surface area contributed by atoms with Crippen LogP contribution in [0.25, 0.3) is 10.9 Å². The van der Waals surface area contributed by atoms with Crippen molar-refractivity contribution in [3.05, 3.63) is 111 Å². The van der Waals surface area contributed by atoms with Crippen molar-refractivity contribution in [2.24, 2.45) is 0 Å². The number of hydrogen-bond acceptors (Lipinski definition) is 5. The van der Waals surface area contributed by atoms with Crippen LogP contribution >= 0.6 is 0 Å². The van der Waals surface area contributed by atoms with Crippen LogP contribution in [0.4, 0.5) is 5.69 Å². The van der Waals surface area contributed by atoms with Crippen LogP contribution in [0.2, 0.25) is 0 Å². The smallest absolute Gasteiger partial charge is 0.269 e. The highest BCUT2D eigenvalue weighted by atomic mass is 16.6. The van der Waals surface area contributed by atoms with E-state index in [0.717, 1.165) is 27.1 Å². The summed E-state index contributed by atoms with van der Waals surface area (Å²) < 4.78 is 0. The molecule has 6 rings (SSSR count). The largest absolute Gasteiger partial charge is 0.356 e. The molecule has 0 spiro atoms. The molecule has 0 fully saturated rings. The average molecular weight is 480 g/mol. The summed E-state index contributed by atoms with van der Waals surface area (Å²) in [7, 11) is 0. The van der Waals surface area contributed by atoms with E-state index in [0.29, 0.717) is 29.7 Å². The monoisotopic (exact) mass is 480 g/mol. The molecule has 3 aromatic carbocycles. The molecular weight excluding hydrogens is 460 g/mol. The number of para-hydroxylation sites is 1. The van der Waals surface area contributed by atoms with Gasteiger partial charge >= 0.3 is 0 Å². The van der Waals surface area contributed by atoms with E-state index in [1.165, 1.54) is 12.1 Å². The van der Waals surface area contributed by atoms with Crippen molar-refractivity contribution in [3.63, 3.8) is 0 Å². The summed E-state index contributed by atoms with van der Waals surface area (Å²) in [5.41, 5.74) is 4.08. The van der Waals surface area contributed by atoms with Crippen LogP contribution in [-0.2, 0) is 11.2 Å². The number of nitrogens with zero attached hydrogens (tertiary/aromatic N) is 3. The number of fused-ring (bicyclic) bond motifs is 4. The second kappa shape index (κ2) is 8.16. The van der Waals surface area contributed by atoms with Gasteiger partial charge in [-0.15, -0.1) is 0 Å². The van der Waals surface area contributed by atoms with Crippen LogP contribution in [0.15, 0.2) is 72.8 Å². The summed E-state index contributed by atoms with van der Waals surface area (Å²) in [5, 5.41) is 12.3. The summed E-state index contributed by atoms with van der Waals surface area (Å²) >= 11 is 0. The van der Waals surface area contributed by atoms with E-state index < -0.39 is 22.8 Å². The van der Waals surface area contributed by atoms with Crippen LogP contribution < -0.4 is 0 Å². The molecule has 178 valence electrons. The summed E-state index contributed by atoms with van der Waals surface area (Å²) in [4.78, 5) is 56.1. The maximum Gasteiger partial charge on any atom is 0.269 e. The van der Waals surface area contributed by atoms with Crippen LogP contribution in [0.5, 0.6) is 0 Å². The number of H-pyrrole nitrogens is 1. The summed E-state index contributed by atoms with van der Waals surface area (Å²) in [6, 6.07) is 20.0. The normalized spacial score (nSPS) is 16.8. The number of aromatic amines is 1. The lowest BCUT2D eigenvalue weighted by Gasteiger charge is -2.37. The lowest BCUT2D eigenvalue weighted by molar-refractivity contribution is -0.384. The molecule has 36 heavy (non-hydrogen) atoms. The molecule has 0 bridgehead atoms. The van der Waals surface area contributed by atoms with Crippen LogP contribution in [0, 0.1) is 10.1 Å². The number of benzene rings is 3. The molecule has 9 nitrogen and oxygen atoms in total. The molecule has 0 aliphatic carbocycles. The Morgan fingerprint density at radius 1 is 0.944 bits per heavy atom. The predicted octanol–water partition coefficient (Wildman–Crippen LogP) is 3.85. The Bertz CT molecular complexity index is 1540. The minimum atomic E-state index is -0.551. The standard InChI is InChI=1S/C27H20N4O5/c32-23(15-30-26(33)20-6-1-2-7-21(20)27(30)34)29-14-13-19-18-5-3-4-8-22(18)28-24(19)25(29)16-9-11-17(12-10-16)31(35)36/h1-12,25,28H,13-15H2/t25-/m1/s1. The number of carbonyl (C=O) groups is 3. The van der Waals surface area contributed by atoms with Crippen molar-refractivity contribution >= 4 is 34.3 Å². The lowest BCUT2D eigenvalue weighted by atomic mass is 9.92. The number of nitro groups is 1. The molecule has 0 saturated carbocycles. The summed E-state index contributed by atoms with van der Waals surface area (Å²) in [6.45, 7) is -0.0100. The van der Waals surface area contributed by atoms with Gasteiger partial charge in [0.2, 0.25) is 5.91 Å². The first-order chi connectivity index (χ1) is 17.4. The van der Waals surface area contributed by atoms with Crippen LogP contribution in [0.3, 0.4) is 0 Å². The Balaban J connectivity index is 1.38. The second-order valence-corrected chi connectivity index (χ2v) is 8.89. The highest BCUT2D eigenvalue weighted by molar-refractivity contribution is 6.22. The van der Waals surface area contributed by atoms with Gasteiger partial charge in [-0.1, -0.05) is 30.3 Å². The molecule has 2 aliphatic rings. The molecule has 2 aliphatic heterocycles. The molecule has 9 heteroatoms. The lowest BCUT2D eigenvalue weighted by Crippen LogP contribution is -2.47. The molecule has 4 aromatic rings. The van der Waals surface area contributed by atoms with Crippen LogP contribution in [-0.4, -0.2) is 50.5 Å². The van der Waals surface area contributed by atoms with Gasteiger partial charge in [0, 0.05) is 35.3 Å². The third-order valence-corrected chi connectivity index (χ3v) is 6.95. The maximum atomic E-state index is 13.6. The van der Waals surface area contributed by atoms with Crippen molar-refractivity contribution in [2.45, 2.75) is 12.5 Å². The van der Waals surface area contributed by atoms with Crippen molar-refractivity contribution in [2.75, 3.05) is 13.1 Å². The zero-order chi connectivity index (χ0) is 25.0. The Kier molecular flexibility index (Phi) is 4.92. The number of non-ortho nitro benzene ring substituents is 1. The molecule has 1 atom stereocenters. The number of nitro benzene ring substituents is 1. The first kappa shape index (κ1) is 21.7. The highest BCUT2D eigenvalue weighted by Crippen LogP contribution is 2.39. The van der Waals surface area contributed by atoms with E-state index in [1.807, 2.05) is 24.3 Å². The van der Waals surface area contributed by atoms with Crippen LogP contribution in [0.1, 0.15) is 43.6 Å². The molecule has 3 amide bonds. The van der Waals surface area contributed by atoms with Gasteiger partial charge in [0.05, 0.1) is 22.1 Å². The van der Waals surface area contributed by atoms with Gasteiger partial charge in [-0.05, 0) is 47.9 Å². The number of hydrogen-bond donors (Lipinski definition) is 1. The molecule has 1 aromatic heterocycles. The SMILES string of the molecule is O=C1c2ccccc2C(=O)N1CC(=O)N1CCc2c([nH]c3ccccc23)[C@H]1c1ccc([N+](=O)[O-])cc1. The Morgan fingerprint density at radius 2 is 1.58 bits per heavy atom. The third-order valence-electron chi connectivity index (χ3n) is 6.95. The topological polar surface area (TPSA) is 117 Å². The number of amides is 3. The van der Waals surface area contributed by atoms with E-state index >= 15 is 0 Å². The summed E-state index contributed by atoms with van der Waals surface area (Å²) in [5.74, 6) is -1.35. The average Bonchev–Trinajstić information content (AvgIpc) is 3.39. The molecule has 0 radical (unpaired) electrons. The number of rotatable bonds is 4. The van der Waals surface area contributed by atoms with E-state index in [4.69, 9.17) is 0 Å². The second-order valence-electron chi connectivity index (χ2n) is 8.89. The van der Waals surface area contributed by atoms with Gasteiger partial charge in [0.25, 0.3) is 17.5 Å². The minimum absolute atomic E-state index is 0.0460. The van der Waals surface area contributed by atoms with Gasteiger partial charge in [-0.3, -0.25) is 29.4 Å². The van der Waals surface area contributed by atoms with Gasteiger partial charge in [0.15, 0.2) is 0 Å². The van der Waals surface area contributed by atoms with Gasteiger partial charge in [0.1, 0.15) is 6.54 Å². The van der Waals surface area contributed by atoms with Gasteiger partial charge in [-0.25, -0.2) is 0 Å². The Hall–Kier alpha value is -4.79. The molecule has 0 unspecified atom stereocenters. The minimum Gasteiger partial charge on any atom is -0.356 e. The number of carbonyl (C=O) groups excluding carboxylic acids is 3. The molecule has 1 N–H and O–H groups in total. The predicted molar refractivity (Wildman–Crippen MR) is 130 cm³/mol. The van der Waals surface area contributed by atoms with E-state index in [2.05, 4.69) is 4.98 Å². The van der Waals surface area contributed by atoms with E-state index in [1.54, 1.807) is 41.3 Å².